The molecule has 1 heterocycles. The highest BCUT2D eigenvalue weighted by Gasteiger charge is 2.16. The van der Waals surface area contributed by atoms with Crippen LogP contribution in [-0.4, -0.2) is 31.1 Å². The molecule has 0 atom stereocenters. The van der Waals surface area contributed by atoms with Crippen molar-refractivity contribution in [2.75, 3.05) is 20.1 Å². The van der Waals surface area contributed by atoms with E-state index in [1.54, 1.807) is 0 Å². The predicted molar refractivity (Wildman–Crippen MR) is 52.1 cm³/mol. The van der Waals surface area contributed by atoms with Gasteiger partial charge in [0.15, 0.2) is 0 Å². The Morgan fingerprint density at radius 2 is 2.23 bits per heavy atom. The molecule has 0 bridgehead atoms. The molecule has 13 heavy (non-hydrogen) atoms. The molecule has 1 aliphatic rings. The Labute approximate surface area is 79.1 Å². The minimum atomic E-state index is 0.654. The van der Waals surface area contributed by atoms with E-state index in [4.69, 9.17) is 0 Å². The number of isocyanates is 1. The van der Waals surface area contributed by atoms with Crippen molar-refractivity contribution in [2.24, 2.45) is 10.9 Å². The van der Waals surface area contributed by atoms with Gasteiger partial charge in [-0.15, -0.1) is 0 Å². The van der Waals surface area contributed by atoms with Gasteiger partial charge in [0.1, 0.15) is 0 Å². The highest BCUT2D eigenvalue weighted by molar-refractivity contribution is 5.36. The average Bonchev–Trinajstić information content (AvgIpc) is 2.09. The molecule has 0 unspecified atom stereocenters. The number of hydrogen-bond donors (Lipinski definition) is 0. The molecule has 0 N–H and O–H groups in total. The lowest BCUT2D eigenvalue weighted by molar-refractivity contribution is 0.218. The fourth-order valence-corrected chi connectivity index (χ4v) is 1.71. The summed E-state index contributed by atoms with van der Waals surface area (Å²) < 4.78 is 0. The fourth-order valence-electron chi connectivity index (χ4n) is 1.71. The van der Waals surface area contributed by atoms with E-state index in [9.17, 15) is 4.79 Å². The molecule has 1 saturated heterocycles. The van der Waals surface area contributed by atoms with Crippen molar-refractivity contribution in [2.45, 2.75) is 19.3 Å². The lowest BCUT2D eigenvalue weighted by Crippen LogP contribution is -2.30. The van der Waals surface area contributed by atoms with Crippen LogP contribution in [0.2, 0.25) is 0 Å². The van der Waals surface area contributed by atoms with Crippen LogP contribution in [0.25, 0.3) is 0 Å². The zero-order chi connectivity index (χ0) is 9.68. The summed E-state index contributed by atoms with van der Waals surface area (Å²) in [6, 6.07) is 0. The zero-order valence-corrected chi connectivity index (χ0v) is 8.12. The van der Waals surface area contributed by atoms with E-state index in [0.29, 0.717) is 11.6 Å². The van der Waals surface area contributed by atoms with Gasteiger partial charge in [-0.1, -0.05) is 6.58 Å². The smallest absolute Gasteiger partial charge is 0.240 e. The first-order valence-corrected chi connectivity index (χ1v) is 4.66. The van der Waals surface area contributed by atoms with Crippen molar-refractivity contribution in [3.63, 3.8) is 0 Å². The lowest BCUT2D eigenvalue weighted by atomic mass is 9.93. The maximum Gasteiger partial charge on any atom is 0.240 e. The monoisotopic (exact) mass is 180 g/mol. The van der Waals surface area contributed by atoms with Gasteiger partial charge in [0.05, 0.1) is 0 Å². The first-order valence-electron chi connectivity index (χ1n) is 4.66. The van der Waals surface area contributed by atoms with Gasteiger partial charge in [-0.3, -0.25) is 0 Å². The van der Waals surface area contributed by atoms with Crippen molar-refractivity contribution in [1.82, 2.24) is 4.90 Å². The molecule has 0 aromatic rings. The highest BCUT2D eigenvalue weighted by atomic mass is 16.1. The van der Waals surface area contributed by atoms with Gasteiger partial charge in [0.25, 0.3) is 0 Å². The number of carbonyl (C=O) groups excluding carboxylic acids is 1. The van der Waals surface area contributed by atoms with Crippen LogP contribution in [0, 0.1) is 5.92 Å². The van der Waals surface area contributed by atoms with Gasteiger partial charge >= 0.3 is 0 Å². The number of hydrogen-bond acceptors (Lipinski definition) is 3. The maximum absolute atomic E-state index is 9.95. The second-order valence-electron chi connectivity index (χ2n) is 3.72. The SMILES string of the molecule is C=C(CC1CCN(C)CC1)N=C=O. The molecule has 0 aromatic heterocycles. The molecule has 3 heteroatoms. The zero-order valence-electron chi connectivity index (χ0n) is 8.12. The molecule has 0 aromatic carbocycles. The number of aliphatic imine (C=N–C) groups is 1. The predicted octanol–water partition coefficient (Wildman–Crippen LogP) is 1.57. The summed E-state index contributed by atoms with van der Waals surface area (Å²) in [7, 11) is 2.13. The third-order valence-electron chi connectivity index (χ3n) is 2.57. The Morgan fingerprint density at radius 1 is 1.62 bits per heavy atom. The van der Waals surface area contributed by atoms with Gasteiger partial charge in [-0.25, -0.2) is 4.79 Å². The van der Waals surface area contributed by atoms with Gasteiger partial charge in [-0.2, -0.15) is 4.99 Å². The highest BCUT2D eigenvalue weighted by Crippen LogP contribution is 2.22. The Morgan fingerprint density at radius 3 is 2.77 bits per heavy atom. The number of likely N-dealkylation sites (tertiary alicyclic amines) is 1. The first-order chi connectivity index (χ1) is 6.22. The molecule has 0 amide bonds. The quantitative estimate of drug-likeness (QED) is 0.488. The molecule has 3 nitrogen and oxygen atoms in total. The summed E-state index contributed by atoms with van der Waals surface area (Å²) in [4.78, 5) is 15.8. The van der Waals surface area contributed by atoms with Crippen LogP contribution in [0.15, 0.2) is 17.3 Å². The van der Waals surface area contributed by atoms with E-state index in [-0.39, 0.29) is 0 Å². The fraction of sp³-hybridized carbons (Fsp3) is 0.700. The van der Waals surface area contributed by atoms with Crippen molar-refractivity contribution in [1.29, 1.82) is 0 Å². The van der Waals surface area contributed by atoms with E-state index in [0.717, 1.165) is 19.5 Å². The molecular formula is C10H16N2O. The first kappa shape index (κ1) is 10.2. The van der Waals surface area contributed by atoms with Gasteiger partial charge in [-0.05, 0) is 45.3 Å². The molecule has 0 aliphatic carbocycles. The van der Waals surface area contributed by atoms with E-state index >= 15 is 0 Å². The molecule has 1 aliphatic heterocycles. The molecule has 0 spiro atoms. The van der Waals surface area contributed by atoms with Crippen LogP contribution in [-0.2, 0) is 4.79 Å². The summed E-state index contributed by atoms with van der Waals surface area (Å²) in [5.41, 5.74) is 0.671. The minimum Gasteiger partial charge on any atom is -0.306 e. The molecule has 72 valence electrons. The Kier molecular flexibility index (Phi) is 3.87. The molecule has 1 fully saturated rings. The third kappa shape index (κ3) is 3.53. The van der Waals surface area contributed by atoms with E-state index in [1.165, 1.54) is 18.9 Å². The number of rotatable bonds is 3. The second-order valence-corrected chi connectivity index (χ2v) is 3.72. The van der Waals surface area contributed by atoms with Crippen LogP contribution < -0.4 is 0 Å². The average molecular weight is 180 g/mol. The van der Waals surface area contributed by atoms with Gasteiger partial charge in [0, 0.05) is 5.70 Å². The van der Waals surface area contributed by atoms with E-state index in [1.807, 2.05) is 0 Å². The van der Waals surface area contributed by atoms with Crippen molar-refractivity contribution in [3.8, 4) is 0 Å². The van der Waals surface area contributed by atoms with E-state index < -0.39 is 0 Å². The number of nitrogens with zero attached hydrogens (tertiary/aromatic N) is 2. The molecule has 0 radical (unpaired) electrons. The minimum absolute atomic E-state index is 0.654. The third-order valence-corrected chi connectivity index (χ3v) is 2.57. The van der Waals surface area contributed by atoms with Gasteiger partial charge in [0.2, 0.25) is 6.08 Å². The Hall–Kier alpha value is -0.920. The standard InChI is InChI=1S/C10H16N2O/c1-9(11-8-13)7-10-3-5-12(2)6-4-10/h10H,1,3-7H2,2H3. The summed E-state index contributed by atoms with van der Waals surface area (Å²) in [6.07, 6.45) is 4.75. The Bertz CT molecular complexity index is 223. The largest absolute Gasteiger partial charge is 0.306 e. The van der Waals surface area contributed by atoms with E-state index in [2.05, 4.69) is 23.5 Å². The molecule has 0 saturated carbocycles. The maximum atomic E-state index is 9.95. The summed E-state index contributed by atoms with van der Waals surface area (Å²) in [5, 5.41) is 0. The lowest BCUT2D eigenvalue weighted by Gasteiger charge is -2.28. The van der Waals surface area contributed by atoms with Crippen LogP contribution in [0.5, 0.6) is 0 Å². The van der Waals surface area contributed by atoms with Gasteiger partial charge < -0.3 is 4.90 Å². The van der Waals surface area contributed by atoms with Crippen molar-refractivity contribution < 1.29 is 4.79 Å². The van der Waals surface area contributed by atoms with Crippen molar-refractivity contribution in [3.05, 3.63) is 12.3 Å². The van der Waals surface area contributed by atoms with Crippen LogP contribution in [0.4, 0.5) is 0 Å². The van der Waals surface area contributed by atoms with Crippen molar-refractivity contribution >= 4 is 6.08 Å². The van der Waals surface area contributed by atoms with Crippen LogP contribution in [0.1, 0.15) is 19.3 Å². The molecular weight excluding hydrogens is 164 g/mol. The second kappa shape index (κ2) is 4.95. The molecule has 1 rings (SSSR count). The summed E-state index contributed by atoms with van der Waals surface area (Å²) >= 11 is 0. The Balaban J connectivity index is 2.30. The van der Waals surface area contributed by atoms with Crippen LogP contribution in [0.3, 0.4) is 0 Å². The summed E-state index contributed by atoms with van der Waals surface area (Å²) in [6.45, 7) is 6.00. The summed E-state index contributed by atoms with van der Waals surface area (Å²) in [5.74, 6) is 0.654. The topological polar surface area (TPSA) is 32.7 Å². The number of piperidine rings is 1. The number of allylic oxidation sites excluding steroid dienone is 1. The normalized spacial score (nSPS) is 19.5. The van der Waals surface area contributed by atoms with Crippen LogP contribution >= 0.6 is 0 Å².